The average molecular weight is 406 g/mol. The summed E-state index contributed by atoms with van der Waals surface area (Å²) < 4.78 is 5.90. The van der Waals surface area contributed by atoms with Crippen molar-refractivity contribution in [1.29, 1.82) is 0 Å². The van der Waals surface area contributed by atoms with Gasteiger partial charge in [-0.2, -0.15) is 0 Å². The Labute approximate surface area is 145 Å². The molecule has 6 heteroatoms. The van der Waals surface area contributed by atoms with Crippen LogP contribution in [0.15, 0.2) is 45.8 Å². The SMILES string of the molecule is COc1ccc(C(=O)CSc2ccc(Cl)c(Cl)c2)cc1Br. The molecule has 0 unspecified atom stereocenters. The molecular formula is C15H11BrCl2O2S. The van der Waals surface area contributed by atoms with E-state index in [9.17, 15) is 4.79 Å². The van der Waals surface area contributed by atoms with Crippen molar-refractivity contribution in [3.05, 3.63) is 56.5 Å². The smallest absolute Gasteiger partial charge is 0.173 e. The van der Waals surface area contributed by atoms with Gasteiger partial charge in [-0.25, -0.2) is 0 Å². The fourth-order valence-corrected chi connectivity index (χ4v) is 3.37. The highest BCUT2D eigenvalue weighted by Gasteiger charge is 2.10. The molecule has 0 amide bonds. The molecule has 0 aliphatic heterocycles. The minimum Gasteiger partial charge on any atom is -0.496 e. The number of ketones is 1. The van der Waals surface area contributed by atoms with Crippen LogP contribution in [-0.2, 0) is 0 Å². The van der Waals surface area contributed by atoms with E-state index in [0.29, 0.717) is 27.1 Å². The molecule has 0 aliphatic rings. The number of halogens is 3. The number of carbonyl (C=O) groups excluding carboxylic acids is 1. The summed E-state index contributed by atoms with van der Waals surface area (Å²) in [6.45, 7) is 0. The van der Waals surface area contributed by atoms with Gasteiger partial charge >= 0.3 is 0 Å². The van der Waals surface area contributed by atoms with E-state index in [1.165, 1.54) is 11.8 Å². The van der Waals surface area contributed by atoms with E-state index >= 15 is 0 Å². The van der Waals surface area contributed by atoms with Gasteiger partial charge in [0.15, 0.2) is 5.78 Å². The Balaban J connectivity index is 2.04. The molecule has 0 aliphatic carbocycles. The van der Waals surface area contributed by atoms with Gasteiger partial charge in [-0.3, -0.25) is 4.79 Å². The van der Waals surface area contributed by atoms with Crippen LogP contribution in [0.5, 0.6) is 5.75 Å². The first kappa shape index (κ1) is 16.7. The zero-order valence-electron chi connectivity index (χ0n) is 11.0. The third-order valence-corrected chi connectivity index (χ3v) is 5.09. The Bertz CT molecular complexity index is 677. The van der Waals surface area contributed by atoms with Gasteiger partial charge in [0.05, 0.1) is 27.4 Å². The zero-order chi connectivity index (χ0) is 15.4. The first-order valence-electron chi connectivity index (χ1n) is 5.96. The second kappa shape index (κ2) is 7.54. The van der Waals surface area contributed by atoms with Gasteiger partial charge in [0, 0.05) is 10.5 Å². The summed E-state index contributed by atoms with van der Waals surface area (Å²) in [4.78, 5) is 13.1. The van der Waals surface area contributed by atoms with E-state index in [2.05, 4.69) is 15.9 Å². The molecule has 0 saturated carbocycles. The summed E-state index contributed by atoms with van der Waals surface area (Å²) in [5.74, 6) is 1.06. The minimum atomic E-state index is 0.0365. The molecule has 0 bridgehead atoms. The molecule has 0 fully saturated rings. The Morgan fingerprint density at radius 2 is 1.95 bits per heavy atom. The van der Waals surface area contributed by atoms with E-state index in [4.69, 9.17) is 27.9 Å². The van der Waals surface area contributed by atoms with E-state index in [1.54, 1.807) is 37.4 Å². The van der Waals surface area contributed by atoms with E-state index in [-0.39, 0.29) is 5.78 Å². The van der Waals surface area contributed by atoms with E-state index in [1.807, 2.05) is 6.07 Å². The lowest BCUT2D eigenvalue weighted by molar-refractivity contribution is 0.102. The molecule has 2 nitrogen and oxygen atoms in total. The standard InChI is InChI=1S/C15H11BrCl2O2S/c1-20-15-5-2-9(6-11(15)16)14(19)8-21-10-3-4-12(17)13(18)7-10/h2-7H,8H2,1H3. The Hall–Kier alpha value is -0.680. The Morgan fingerprint density at radius 1 is 1.19 bits per heavy atom. The molecule has 0 radical (unpaired) electrons. The van der Waals surface area contributed by atoms with Crippen molar-refractivity contribution in [2.45, 2.75) is 4.90 Å². The van der Waals surface area contributed by atoms with Gasteiger partial charge < -0.3 is 4.74 Å². The number of thioether (sulfide) groups is 1. The van der Waals surface area contributed by atoms with Crippen LogP contribution in [0.2, 0.25) is 10.0 Å². The molecular weight excluding hydrogens is 395 g/mol. The number of rotatable bonds is 5. The summed E-state index contributed by atoms with van der Waals surface area (Å²) in [7, 11) is 1.59. The Kier molecular flexibility index (Phi) is 5.99. The lowest BCUT2D eigenvalue weighted by atomic mass is 10.1. The third-order valence-electron chi connectivity index (χ3n) is 2.73. The summed E-state index contributed by atoms with van der Waals surface area (Å²) in [6.07, 6.45) is 0. The topological polar surface area (TPSA) is 26.3 Å². The quantitative estimate of drug-likeness (QED) is 0.468. The molecule has 2 aromatic carbocycles. The van der Waals surface area contributed by atoms with Crippen molar-refractivity contribution in [3.63, 3.8) is 0 Å². The number of hydrogen-bond donors (Lipinski definition) is 0. The third kappa shape index (κ3) is 4.39. The maximum absolute atomic E-state index is 12.2. The van der Waals surface area contributed by atoms with Crippen molar-refractivity contribution >= 4 is 56.7 Å². The van der Waals surface area contributed by atoms with Crippen molar-refractivity contribution in [1.82, 2.24) is 0 Å². The van der Waals surface area contributed by atoms with Crippen molar-refractivity contribution in [2.75, 3.05) is 12.9 Å². The zero-order valence-corrected chi connectivity index (χ0v) is 14.9. The molecule has 0 spiro atoms. The highest BCUT2D eigenvalue weighted by molar-refractivity contribution is 9.10. The van der Waals surface area contributed by atoms with Gasteiger partial charge in [0.2, 0.25) is 0 Å². The van der Waals surface area contributed by atoms with Gasteiger partial charge in [-0.1, -0.05) is 23.2 Å². The van der Waals surface area contributed by atoms with Crippen LogP contribution < -0.4 is 4.74 Å². The fourth-order valence-electron chi connectivity index (χ4n) is 1.64. The Morgan fingerprint density at radius 3 is 2.57 bits per heavy atom. The van der Waals surface area contributed by atoms with Crippen LogP contribution in [0.4, 0.5) is 0 Å². The van der Waals surface area contributed by atoms with Crippen LogP contribution in [-0.4, -0.2) is 18.6 Å². The molecule has 2 rings (SSSR count). The van der Waals surface area contributed by atoms with Crippen LogP contribution in [0.25, 0.3) is 0 Å². The highest BCUT2D eigenvalue weighted by atomic mass is 79.9. The van der Waals surface area contributed by atoms with Gasteiger partial charge in [-0.05, 0) is 52.3 Å². The summed E-state index contributed by atoms with van der Waals surface area (Å²) in [5, 5.41) is 0.993. The average Bonchev–Trinajstić information content (AvgIpc) is 2.48. The number of benzene rings is 2. The van der Waals surface area contributed by atoms with Crippen molar-refractivity contribution in [2.24, 2.45) is 0 Å². The first-order valence-corrected chi connectivity index (χ1v) is 8.49. The molecule has 21 heavy (non-hydrogen) atoms. The van der Waals surface area contributed by atoms with Crippen LogP contribution in [0.3, 0.4) is 0 Å². The van der Waals surface area contributed by atoms with Gasteiger partial charge in [-0.15, -0.1) is 11.8 Å². The first-order chi connectivity index (χ1) is 10.0. The number of hydrogen-bond acceptors (Lipinski definition) is 3. The van der Waals surface area contributed by atoms with Crippen LogP contribution in [0, 0.1) is 0 Å². The van der Waals surface area contributed by atoms with Gasteiger partial charge in [0.25, 0.3) is 0 Å². The van der Waals surface area contributed by atoms with Crippen molar-refractivity contribution in [3.8, 4) is 5.75 Å². The summed E-state index contributed by atoms with van der Waals surface area (Å²) in [6, 6.07) is 10.6. The van der Waals surface area contributed by atoms with Crippen LogP contribution >= 0.6 is 50.9 Å². The minimum absolute atomic E-state index is 0.0365. The second-order valence-electron chi connectivity index (χ2n) is 4.14. The summed E-state index contributed by atoms with van der Waals surface area (Å²) >= 11 is 16.6. The monoisotopic (exact) mass is 404 g/mol. The molecule has 0 atom stereocenters. The van der Waals surface area contributed by atoms with Crippen molar-refractivity contribution < 1.29 is 9.53 Å². The molecule has 0 aromatic heterocycles. The largest absolute Gasteiger partial charge is 0.496 e. The predicted molar refractivity (Wildman–Crippen MR) is 92.2 cm³/mol. The van der Waals surface area contributed by atoms with Gasteiger partial charge in [0.1, 0.15) is 5.75 Å². The lowest BCUT2D eigenvalue weighted by Crippen LogP contribution is -2.02. The second-order valence-corrected chi connectivity index (χ2v) is 6.85. The molecule has 2 aromatic rings. The molecule has 110 valence electrons. The number of Topliss-reactive ketones (excluding diaryl/α,β-unsaturated/α-hetero) is 1. The predicted octanol–water partition coefficient (Wildman–Crippen LogP) is 5.74. The molecule has 0 heterocycles. The van der Waals surface area contributed by atoms with Crippen LogP contribution in [0.1, 0.15) is 10.4 Å². The summed E-state index contributed by atoms with van der Waals surface area (Å²) in [5.41, 5.74) is 0.634. The van der Waals surface area contributed by atoms with E-state index < -0.39 is 0 Å². The molecule has 0 N–H and O–H groups in total. The number of ether oxygens (including phenoxy) is 1. The fraction of sp³-hybridized carbons (Fsp3) is 0.133. The number of methoxy groups -OCH3 is 1. The molecule has 0 saturated heterocycles. The normalized spacial score (nSPS) is 10.5. The highest BCUT2D eigenvalue weighted by Crippen LogP contribution is 2.29. The number of carbonyl (C=O) groups is 1. The lowest BCUT2D eigenvalue weighted by Gasteiger charge is -2.06. The van der Waals surface area contributed by atoms with E-state index in [0.717, 1.165) is 9.37 Å². The maximum atomic E-state index is 12.2. The maximum Gasteiger partial charge on any atom is 0.173 e.